The normalized spacial score (nSPS) is 11.9. The maximum atomic E-state index is 12.8. The van der Waals surface area contributed by atoms with Gasteiger partial charge in [-0.3, -0.25) is 9.78 Å². The lowest BCUT2D eigenvalue weighted by Gasteiger charge is -2.28. The zero-order valence-corrected chi connectivity index (χ0v) is 12.9. The van der Waals surface area contributed by atoms with Crippen LogP contribution in [0.4, 0.5) is 0 Å². The molecule has 0 bridgehead atoms. The van der Waals surface area contributed by atoms with Crippen LogP contribution in [-0.4, -0.2) is 15.8 Å². The summed E-state index contributed by atoms with van der Waals surface area (Å²) in [5.74, 6) is 0.195. The van der Waals surface area contributed by atoms with Gasteiger partial charge in [-0.1, -0.05) is 36.4 Å². The van der Waals surface area contributed by atoms with Crippen LogP contribution < -0.4 is 0 Å². The van der Waals surface area contributed by atoms with Gasteiger partial charge < -0.3 is 9.32 Å². The second-order valence-electron chi connectivity index (χ2n) is 5.33. The summed E-state index contributed by atoms with van der Waals surface area (Å²) >= 11 is 0. The van der Waals surface area contributed by atoms with Gasteiger partial charge in [0.25, 0.3) is 5.91 Å². The number of nitrogens with zero attached hydrogens (tertiary/aromatic N) is 2. The van der Waals surface area contributed by atoms with Gasteiger partial charge in [-0.05, 0) is 36.8 Å². The lowest BCUT2D eigenvalue weighted by atomic mass is 10.1. The van der Waals surface area contributed by atoms with Crippen molar-refractivity contribution in [1.29, 1.82) is 0 Å². The average Bonchev–Trinajstić information content (AvgIpc) is 3.15. The first-order chi connectivity index (χ1) is 11.3. The van der Waals surface area contributed by atoms with E-state index in [1.54, 1.807) is 23.2 Å². The van der Waals surface area contributed by atoms with Crippen molar-refractivity contribution in [2.45, 2.75) is 19.5 Å². The van der Waals surface area contributed by atoms with Crippen LogP contribution >= 0.6 is 0 Å². The molecule has 0 aliphatic rings. The fourth-order valence-electron chi connectivity index (χ4n) is 2.49. The summed E-state index contributed by atoms with van der Waals surface area (Å²) in [5, 5.41) is 0. The van der Waals surface area contributed by atoms with Crippen LogP contribution in [0.15, 0.2) is 77.5 Å². The fraction of sp³-hybridized carbons (Fsp3) is 0.158. The molecule has 0 spiro atoms. The average molecular weight is 306 g/mol. The van der Waals surface area contributed by atoms with E-state index in [1.807, 2.05) is 55.5 Å². The Balaban J connectivity index is 1.91. The summed E-state index contributed by atoms with van der Waals surface area (Å²) in [4.78, 5) is 19.0. The van der Waals surface area contributed by atoms with Crippen LogP contribution in [0.5, 0.6) is 0 Å². The van der Waals surface area contributed by atoms with Crippen LogP contribution in [0.2, 0.25) is 0 Å². The van der Waals surface area contributed by atoms with E-state index < -0.39 is 0 Å². The van der Waals surface area contributed by atoms with Crippen LogP contribution in [0, 0.1) is 0 Å². The molecule has 0 saturated heterocycles. The highest BCUT2D eigenvalue weighted by molar-refractivity contribution is 5.91. The second-order valence-corrected chi connectivity index (χ2v) is 5.33. The molecular weight excluding hydrogens is 288 g/mol. The monoisotopic (exact) mass is 306 g/mol. The number of hydrogen-bond acceptors (Lipinski definition) is 3. The van der Waals surface area contributed by atoms with Crippen molar-refractivity contribution in [2.75, 3.05) is 0 Å². The molecule has 1 aromatic carbocycles. The Hall–Kier alpha value is -2.88. The van der Waals surface area contributed by atoms with E-state index in [4.69, 9.17) is 4.42 Å². The molecule has 116 valence electrons. The molecule has 3 rings (SSSR count). The number of aromatic nitrogens is 1. The number of hydrogen-bond donors (Lipinski definition) is 0. The zero-order chi connectivity index (χ0) is 16.1. The maximum absolute atomic E-state index is 12.8. The summed E-state index contributed by atoms with van der Waals surface area (Å²) in [5.41, 5.74) is 1.92. The lowest BCUT2D eigenvalue weighted by Crippen LogP contribution is -2.33. The number of benzene rings is 1. The number of amides is 1. The molecule has 1 unspecified atom stereocenters. The molecule has 0 aliphatic heterocycles. The van der Waals surface area contributed by atoms with Crippen LogP contribution in [-0.2, 0) is 6.54 Å². The third-order valence-corrected chi connectivity index (χ3v) is 3.77. The van der Waals surface area contributed by atoms with Gasteiger partial charge in [0, 0.05) is 12.7 Å². The Kier molecular flexibility index (Phi) is 4.52. The van der Waals surface area contributed by atoms with E-state index in [2.05, 4.69) is 4.98 Å². The van der Waals surface area contributed by atoms with Crippen molar-refractivity contribution in [3.63, 3.8) is 0 Å². The molecule has 2 heterocycles. The Morgan fingerprint density at radius 2 is 1.87 bits per heavy atom. The first-order valence-corrected chi connectivity index (χ1v) is 7.55. The molecule has 3 aromatic rings. The quantitative estimate of drug-likeness (QED) is 0.713. The largest absolute Gasteiger partial charge is 0.459 e. The van der Waals surface area contributed by atoms with Crippen molar-refractivity contribution in [3.8, 4) is 0 Å². The molecule has 0 radical (unpaired) electrons. The smallest absolute Gasteiger partial charge is 0.290 e. The van der Waals surface area contributed by atoms with Gasteiger partial charge in [0.1, 0.15) is 0 Å². The number of furan rings is 1. The highest BCUT2D eigenvalue weighted by Gasteiger charge is 2.25. The summed E-state index contributed by atoms with van der Waals surface area (Å²) in [6.07, 6.45) is 3.25. The lowest BCUT2D eigenvalue weighted by molar-refractivity contribution is 0.0637. The Morgan fingerprint density at radius 1 is 1.09 bits per heavy atom. The Bertz CT molecular complexity index is 740. The minimum Gasteiger partial charge on any atom is -0.459 e. The molecule has 4 nitrogen and oxygen atoms in total. The van der Waals surface area contributed by atoms with E-state index in [0.29, 0.717) is 12.3 Å². The van der Waals surface area contributed by atoms with Crippen molar-refractivity contribution in [2.24, 2.45) is 0 Å². The second kappa shape index (κ2) is 6.92. The molecular formula is C19H18N2O2. The van der Waals surface area contributed by atoms with Gasteiger partial charge in [0.05, 0.1) is 18.0 Å². The molecule has 4 heteroatoms. The van der Waals surface area contributed by atoms with E-state index in [-0.39, 0.29) is 11.9 Å². The van der Waals surface area contributed by atoms with Crippen molar-refractivity contribution >= 4 is 5.91 Å². The standard InChI is InChI=1S/C19H18N2O2/c1-15(17-10-5-6-12-20-17)21(14-16-8-3-2-4-9-16)19(22)18-11-7-13-23-18/h2-13,15H,14H2,1H3. The van der Waals surface area contributed by atoms with E-state index in [1.165, 1.54) is 6.26 Å². The number of rotatable bonds is 5. The van der Waals surface area contributed by atoms with Crippen LogP contribution in [0.3, 0.4) is 0 Å². The summed E-state index contributed by atoms with van der Waals surface area (Å²) in [6, 6.07) is 18.9. The highest BCUT2D eigenvalue weighted by Crippen LogP contribution is 2.23. The van der Waals surface area contributed by atoms with Crippen molar-refractivity contribution in [1.82, 2.24) is 9.88 Å². The predicted molar refractivity (Wildman–Crippen MR) is 87.7 cm³/mol. The molecule has 1 atom stereocenters. The van der Waals surface area contributed by atoms with Crippen LogP contribution in [0.25, 0.3) is 0 Å². The SMILES string of the molecule is CC(c1ccccn1)N(Cc1ccccc1)C(=O)c1ccco1. The zero-order valence-electron chi connectivity index (χ0n) is 12.9. The number of carbonyl (C=O) groups is 1. The van der Waals surface area contributed by atoms with E-state index in [0.717, 1.165) is 11.3 Å². The van der Waals surface area contributed by atoms with Gasteiger partial charge in [-0.2, -0.15) is 0 Å². The van der Waals surface area contributed by atoms with Crippen molar-refractivity contribution in [3.05, 3.63) is 90.1 Å². The van der Waals surface area contributed by atoms with Gasteiger partial charge >= 0.3 is 0 Å². The molecule has 0 N–H and O–H groups in total. The highest BCUT2D eigenvalue weighted by atomic mass is 16.3. The molecule has 0 saturated carbocycles. The summed E-state index contributed by atoms with van der Waals surface area (Å²) in [7, 11) is 0. The Morgan fingerprint density at radius 3 is 2.52 bits per heavy atom. The number of pyridine rings is 1. The minimum atomic E-state index is -0.158. The van der Waals surface area contributed by atoms with Gasteiger partial charge in [-0.25, -0.2) is 0 Å². The maximum Gasteiger partial charge on any atom is 0.290 e. The van der Waals surface area contributed by atoms with Gasteiger partial charge in [0.2, 0.25) is 0 Å². The van der Waals surface area contributed by atoms with E-state index >= 15 is 0 Å². The van der Waals surface area contributed by atoms with Crippen molar-refractivity contribution < 1.29 is 9.21 Å². The van der Waals surface area contributed by atoms with Gasteiger partial charge in [-0.15, -0.1) is 0 Å². The fourth-order valence-corrected chi connectivity index (χ4v) is 2.49. The topological polar surface area (TPSA) is 46.3 Å². The predicted octanol–water partition coefficient (Wildman–Crippen LogP) is 4.08. The minimum absolute atomic E-state index is 0.142. The summed E-state index contributed by atoms with van der Waals surface area (Å²) in [6.45, 7) is 2.48. The van der Waals surface area contributed by atoms with E-state index in [9.17, 15) is 4.79 Å². The first kappa shape index (κ1) is 15.0. The molecule has 0 aliphatic carbocycles. The first-order valence-electron chi connectivity index (χ1n) is 7.55. The molecule has 1 amide bonds. The Labute approximate surface area is 135 Å². The number of carbonyl (C=O) groups excluding carboxylic acids is 1. The van der Waals surface area contributed by atoms with Crippen LogP contribution in [0.1, 0.15) is 34.8 Å². The summed E-state index contributed by atoms with van der Waals surface area (Å²) < 4.78 is 5.29. The molecule has 23 heavy (non-hydrogen) atoms. The van der Waals surface area contributed by atoms with Gasteiger partial charge in [0.15, 0.2) is 5.76 Å². The third kappa shape index (κ3) is 3.48. The molecule has 2 aromatic heterocycles. The molecule has 0 fully saturated rings. The third-order valence-electron chi connectivity index (χ3n) is 3.77.